The third kappa shape index (κ3) is 4.86. The molecule has 35 heavy (non-hydrogen) atoms. The number of aromatic nitrogens is 4. The summed E-state index contributed by atoms with van der Waals surface area (Å²) in [5.74, 6) is -1.86. The van der Waals surface area contributed by atoms with E-state index in [1.165, 1.54) is 17.0 Å². The van der Waals surface area contributed by atoms with Crippen LogP contribution in [0, 0.1) is 18.6 Å². The Morgan fingerprint density at radius 3 is 2.66 bits per heavy atom. The van der Waals surface area contributed by atoms with Crippen molar-refractivity contribution in [2.75, 3.05) is 29.2 Å². The minimum atomic E-state index is -0.958. The second-order valence-electron chi connectivity index (χ2n) is 8.05. The highest BCUT2D eigenvalue weighted by atomic mass is 19.1. The Morgan fingerprint density at radius 2 is 2.00 bits per heavy atom. The molecule has 1 atom stereocenters. The summed E-state index contributed by atoms with van der Waals surface area (Å²) >= 11 is 0. The fraction of sp³-hybridized carbons (Fsp3) is 0.304. The number of ether oxygens (including phenoxy) is 1. The first-order valence-corrected chi connectivity index (χ1v) is 10.8. The standard InChI is InChI=1S/C23H25F2N7O3/c1-5-35-20-16(24)6-14(7-17(20)25)10-32-11-15(9-27-32)8-26-23-28-12(2)18-21(30-23)31(4)19(13(3)33)22(34)29-18/h6-7,9,11,19,33H,3,5,8,10H2,1-2,4H3,(H,29,34)(H,26,28,30)/t19-/m0/s1. The fourth-order valence-electron chi connectivity index (χ4n) is 3.84. The van der Waals surface area contributed by atoms with E-state index in [2.05, 4.69) is 32.3 Å². The predicted octanol–water partition coefficient (Wildman–Crippen LogP) is 3.15. The minimum absolute atomic E-state index is 0.165. The minimum Gasteiger partial charge on any atom is -0.510 e. The Labute approximate surface area is 200 Å². The lowest BCUT2D eigenvalue weighted by Crippen LogP contribution is -2.47. The number of nitrogens with one attached hydrogen (secondary N) is 2. The number of rotatable bonds is 8. The molecule has 2 aromatic heterocycles. The van der Waals surface area contributed by atoms with Crippen LogP contribution in [0.1, 0.15) is 23.7 Å². The van der Waals surface area contributed by atoms with Crippen LogP contribution in [-0.2, 0) is 17.9 Å². The largest absolute Gasteiger partial charge is 0.510 e. The number of anilines is 3. The van der Waals surface area contributed by atoms with E-state index >= 15 is 0 Å². The molecule has 1 aliphatic rings. The smallest absolute Gasteiger partial charge is 0.255 e. The van der Waals surface area contributed by atoms with Crippen molar-refractivity contribution in [2.24, 2.45) is 0 Å². The molecule has 0 bridgehead atoms. The van der Waals surface area contributed by atoms with Crippen molar-refractivity contribution in [1.82, 2.24) is 19.7 Å². The summed E-state index contributed by atoms with van der Waals surface area (Å²) in [6.45, 7) is 7.52. The third-order valence-corrected chi connectivity index (χ3v) is 5.43. The van der Waals surface area contributed by atoms with Gasteiger partial charge in [-0.1, -0.05) is 6.58 Å². The summed E-state index contributed by atoms with van der Waals surface area (Å²) in [6, 6.07) is 1.49. The molecule has 1 aromatic carbocycles. The first-order valence-electron chi connectivity index (χ1n) is 10.8. The normalized spacial score (nSPS) is 14.9. The van der Waals surface area contributed by atoms with Crippen molar-refractivity contribution >= 4 is 23.4 Å². The van der Waals surface area contributed by atoms with Crippen LogP contribution in [-0.4, -0.2) is 50.5 Å². The third-order valence-electron chi connectivity index (χ3n) is 5.43. The molecule has 0 spiro atoms. The summed E-state index contributed by atoms with van der Waals surface area (Å²) in [4.78, 5) is 22.7. The number of likely N-dealkylation sites (N-methyl/N-ethyl adjacent to an activating group) is 1. The monoisotopic (exact) mass is 485 g/mol. The van der Waals surface area contributed by atoms with Gasteiger partial charge in [0.2, 0.25) is 5.95 Å². The molecular formula is C23H25F2N7O3. The molecular weight excluding hydrogens is 460 g/mol. The zero-order valence-corrected chi connectivity index (χ0v) is 19.5. The van der Waals surface area contributed by atoms with E-state index in [1.807, 2.05) is 0 Å². The number of hydrogen-bond acceptors (Lipinski definition) is 8. The van der Waals surface area contributed by atoms with Crippen molar-refractivity contribution in [3.8, 4) is 5.75 Å². The Morgan fingerprint density at radius 1 is 1.29 bits per heavy atom. The van der Waals surface area contributed by atoms with Gasteiger partial charge in [0.05, 0.1) is 25.0 Å². The number of fused-ring (bicyclic) bond motifs is 1. The molecule has 12 heteroatoms. The average molecular weight is 485 g/mol. The van der Waals surface area contributed by atoms with Crippen molar-refractivity contribution in [1.29, 1.82) is 0 Å². The van der Waals surface area contributed by atoms with Crippen LogP contribution in [0.2, 0.25) is 0 Å². The van der Waals surface area contributed by atoms with Gasteiger partial charge < -0.3 is 25.4 Å². The van der Waals surface area contributed by atoms with Crippen LogP contribution in [0.5, 0.6) is 5.75 Å². The number of carbonyl (C=O) groups is 1. The number of aliphatic hydroxyl groups is 1. The zero-order valence-electron chi connectivity index (χ0n) is 19.5. The summed E-state index contributed by atoms with van der Waals surface area (Å²) in [5, 5.41) is 19.9. The predicted molar refractivity (Wildman–Crippen MR) is 126 cm³/mol. The van der Waals surface area contributed by atoms with Crippen molar-refractivity contribution < 1.29 is 23.4 Å². The van der Waals surface area contributed by atoms with Crippen molar-refractivity contribution in [2.45, 2.75) is 33.0 Å². The second kappa shape index (κ2) is 9.57. The fourth-order valence-corrected chi connectivity index (χ4v) is 3.84. The van der Waals surface area contributed by atoms with E-state index < -0.39 is 23.6 Å². The lowest BCUT2D eigenvalue weighted by Gasteiger charge is -2.34. The summed E-state index contributed by atoms with van der Waals surface area (Å²) in [7, 11) is 1.64. The van der Waals surface area contributed by atoms with E-state index in [-0.39, 0.29) is 24.7 Å². The van der Waals surface area contributed by atoms with Crippen LogP contribution >= 0.6 is 0 Å². The zero-order chi connectivity index (χ0) is 25.3. The maximum Gasteiger partial charge on any atom is 0.255 e. The molecule has 0 aliphatic carbocycles. The first kappa shape index (κ1) is 23.9. The Kier molecular flexibility index (Phi) is 6.54. The van der Waals surface area contributed by atoms with Gasteiger partial charge in [0.15, 0.2) is 29.2 Å². The molecule has 0 saturated carbocycles. The highest BCUT2D eigenvalue weighted by Crippen LogP contribution is 2.33. The van der Waals surface area contributed by atoms with E-state index in [0.29, 0.717) is 35.3 Å². The van der Waals surface area contributed by atoms with Crippen molar-refractivity contribution in [3.05, 3.63) is 65.3 Å². The van der Waals surface area contributed by atoms with Gasteiger partial charge in [-0.2, -0.15) is 10.1 Å². The molecule has 3 heterocycles. The number of nitrogens with zero attached hydrogens (tertiary/aromatic N) is 5. The van der Waals surface area contributed by atoms with Gasteiger partial charge >= 0.3 is 0 Å². The maximum atomic E-state index is 14.1. The van der Waals surface area contributed by atoms with Crippen LogP contribution in [0.4, 0.5) is 26.2 Å². The topological polar surface area (TPSA) is 117 Å². The molecule has 0 radical (unpaired) electrons. The summed E-state index contributed by atoms with van der Waals surface area (Å²) in [6.07, 6.45) is 3.36. The summed E-state index contributed by atoms with van der Waals surface area (Å²) < 4.78 is 34.8. The lowest BCUT2D eigenvalue weighted by molar-refractivity contribution is -0.117. The van der Waals surface area contributed by atoms with Crippen LogP contribution in [0.3, 0.4) is 0 Å². The van der Waals surface area contributed by atoms with Gasteiger partial charge in [0.25, 0.3) is 5.91 Å². The number of aryl methyl sites for hydroxylation is 1. The second-order valence-corrected chi connectivity index (χ2v) is 8.05. The number of aliphatic hydroxyl groups excluding tert-OH is 1. The number of hydrogen-bond donors (Lipinski definition) is 3. The SMILES string of the molecule is C=C(O)[C@H]1C(=O)Nc2c(C)nc(NCc3cnn(Cc4cc(F)c(OCC)c(F)c4)c3)nc2N1C. The Balaban J connectivity index is 1.46. The highest BCUT2D eigenvalue weighted by Gasteiger charge is 2.35. The molecule has 0 unspecified atom stereocenters. The van der Waals surface area contributed by atoms with Gasteiger partial charge in [-0.15, -0.1) is 0 Å². The maximum absolute atomic E-state index is 14.1. The van der Waals surface area contributed by atoms with E-state index in [1.54, 1.807) is 38.0 Å². The van der Waals surface area contributed by atoms with Crippen molar-refractivity contribution in [3.63, 3.8) is 0 Å². The number of halogens is 2. The average Bonchev–Trinajstić information content (AvgIpc) is 3.22. The molecule has 0 saturated heterocycles. The van der Waals surface area contributed by atoms with Crippen LogP contribution in [0.15, 0.2) is 36.9 Å². The molecule has 184 valence electrons. The van der Waals surface area contributed by atoms with Gasteiger partial charge in [-0.3, -0.25) is 9.48 Å². The van der Waals surface area contributed by atoms with E-state index in [4.69, 9.17) is 4.74 Å². The summed E-state index contributed by atoms with van der Waals surface area (Å²) in [5.41, 5.74) is 2.21. The van der Waals surface area contributed by atoms with Gasteiger partial charge in [-0.05, 0) is 31.5 Å². The molecule has 0 fully saturated rings. The molecule has 1 aliphatic heterocycles. The Hall–Kier alpha value is -4.22. The van der Waals surface area contributed by atoms with E-state index in [9.17, 15) is 18.7 Å². The van der Waals surface area contributed by atoms with Gasteiger partial charge in [-0.25, -0.2) is 13.8 Å². The van der Waals surface area contributed by atoms with Crippen LogP contribution in [0.25, 0.3) is 0 Å². The highest BCUT2D eigenvalue weighted by molar-refractivity contribution is 6.04. The number of benzene rings is 1. The Bertz CT molecular complexity index is 1270. The molecule has 3 N–H and O–H groups in total. The quantitative estimate of drug-likeness (QED) is 0.417. The first-order chi connectivity index (χ1) is 16.7. The molecule has 3 aromatic rings. The van der Waals surface area contributed by atoms with Gasteiger partial charge in [0.1, 0.15) is 11.4 Å². The number of amides is 1. The lowest BCUT2D eigenvalue weighted by atomic mass is 10.1. The van der Waals surface area contributed by atoms with Crippen LogP contribution < -0.4 is 20.3 Å². The molecule has 1 amide bonds. The number of carbonyl (C=O) groups excluding carboxylic acids is 1. The van der Waals surface area contributed by atoms with E-state index in [0.717, 1.165) is 5.56 Å². The molecule has 10 nitrogen and oxygen atoms in total. The molecule has 4 rings (SSSR count). The van der Waals surface area contributed by atoms with Gasteiger partial charge in [0, 0.05) is 25.4 Å².